The van der Waals surface area contributed by atoms with Crippen LogP contribution in [0, 0.1) is 5.41 Å². The van der Waals surface area contributed by atoms with E-state index in [9.17, 15) is 14.8 Å². The summed E-state index contributed by atoms with van der Waals surface area (Å²) in [5.41, 5.74) is 3.83. The van der Waals surface area contributed by atoms with E-state index in [1.807, 2.05) is 11.4 Å². The number of rotatable bonds is 5. The lowest BCUT2D eigenvalue weighted by atomic mass is 9.87. The molecule has 0 bridgehead atoms. The number of thiophene rings is 1. The molecular weight excluding hydrogens is 382 g/mol. The van der Waals surface area contributed by atoms with E-state index < -0.39 is 12.2 Å². The number of hydrogen-bond donors (Lipinski definition) is 2. The summed E-state index contributed by atoms with van der Waals surface area (Å²) in [7, 11) is 0. The molecule has 9 heteroatoms. The van der Waals surface area contributed by atoms with Crippen molar-refractivity contribution in [2.75, 3.05) is 13.2 Å². The number of amides is 2. The van der Waals surface area contributed by atoms with Crippen molar-refractivity contribution in [2.24, 2.45) is 10.6 Å². The summed E-state index contributed by atoms with van der Waals surface area (Å²) in [5.74, 6) is -0.174. The van der Waals surface area contributed by atoms with Crippen LogP contribution in [0.2, 0.25) is 0 Å². The summed E-state index contributed by atoms with van der Waals surface area (Å²) in [6, 6.07) is 1.61. The predicted molar refractivity (Wildman–Crippen MR) is 105 cm³/mol. The molecule has 152 valence electrons. The average molecular weight is 407 g/mol. The molecule has 8 nitrogen and oxygen atoms in total. The predicted octanol–water partition coefficient (Wildman–Crippen LogP) is 3.87. The molecule has 1 aromatic rings. The minimum absolute atomic E-state index is 0.174. The number of carbonyl (C=O) groups is 2. The molecule has 1 saturated carbocycles. The van der Waals surface area contributed by atoms with E-state index in [4.69, 9.17) is 9.47 Å². The van der Waals surface area contributed by atoms with Gasteiger partial charge in [0.25, 0.3) is 0 Å². The number of oxime groups is 1. The van der Waals surface area contributed by atoms with Crippen molar-refractivity contribution >= 4 is 29.2 Å². The second kappa shape index (κ2) is 8.22. The average Bonchev–Trinajstić information content (AvgIpc) is 3.12. The van der Waals surface area contributed by atoms with Gasteiger partial charge in [0.15, 0.2) is 0 Å². The summed E-state index contributed by atoms with van der Waals surface area (Å²) in [5, 5.41) is 15.7. The fraction of sp³-hybridized carbons (Fsp3) is 0.526. The Morgan fingerprint density at radius 3 is 2.68 bits per heavy atom. The molecule has 1 aromatic heterocycles. The first-order valence-electron chi connectivity index (χ1n) is 9.32. The molecule has 2 atom stereocenters. The van der Waals surface area contributed by atoms with Crippen molar-refractivity contribution in [2.45, 2.75) is 45.6 Å². The van der Waals surface area contributed by atoms with Crippen molar-refractivity contribution in [3.05, 3.63) is 34.0 Å². The van der Waals surface area contributed by atoms with Crippen molar-refractivity contribution in [1.29, 1.82) is 0 Å². The Hall–Kier alpha value is -2.55. The van der Waals surface area contributed by atoms with Crippen molar-refractivity contribution in [1.82, 2.24) is 10.4 Å². The van der Waals surface area contributed by atoms with E-state index in [1.165, 1.54) is 16.3 Å². The molecule has 0 saturated heterocycles. The van der Waals surface area contributed by atoms with Gasteiger partial charge < -0.3 is 14.7 Å². The first-order valence-corrected chi connectivity index (χ1v) is 10.2. The van der Waals surface area contributed by atoms with Crippen LogP contribution in [0.5, 0.6) is 0 Å². The molecule has 2 aliphatic carbocycles. The largest absolute Gasteiger partial charge is 0.449 e. The number of carbonyl (C=O) groups excluding carboxylic acids is 2. The molecule has 1 spiro atoms. The lowest BCUT2D eigenvalue weighted by Crippen LogP contribution is -2.56. The summed E-state index contributed by atoms with van der Waals surface area (Å²) < 4.78 is 10.2. The van der Waals surface area contributed by atoms with Gasteiger partial charge in [-0.15, -0.1) is 11.3 Å². The fourth-order valence-corrected chi connectivity index (χ4v) is 4.66. The highest BCUT2D eigenvalue weighted by atomic mass is 32.1. The van der Waals surface area contributed by atoms with Crippen LogP contribution in [0.15, 0.2) is 28.8 Å². The summed E-state index contributed by atoms with van der Waals surface area (Å²) >= 11 is 1.47. The Kier molecular flexibility index (Phi) is 5.93. The second-order valence-electron chi connectivity index (χ2n) is 6.85. The van der Waals surface area contributed by atoms with E-state index in [2.05, 4.69) is 22.7 Å². The highest BCUT2D eigenvalue weighted by Crippen LogP contribution is 2.60. The molecule has 2 amide bonds. The van der Waals surface area contributed by atoms with Crippen LogP contribution in [0.25, 0.3) is 0 Å². The smallest absolute Gasteiger partial charge is 0.429 e. The van der Waals surface area contributed by atoms with Crippen LogP contribution in [-0.2, 0) is 9.47 Å². The van der Waals surface area contributed by atoms with Gasteiger partial charge in [-0.1, -0.05) is 17.3 Å². The van der Waals surface area contributed by atoms with Gasteiger partial charge in [0.05, 0.1) is 29.8 Å². The molecule has 2 aliphatic rings. The van der Waals surface area contributed by atoms with Crippen molar-refractivity contribution in [3.8, 4) is 0 Å². The Morgan fingerprint density at radius 2 is 2.07 bits per heavy atom. The maximum atomic E-state index is 12.7. The third kappa shape index (κ3) is 3.71. The van der Waals surface area contributed by atoms with Gasteiger partial charge in [0, 0.05) is 11.3 Å². The lowest BCUT2D eigenvalue weighted by molar-refractivity contribution is 0.0416. The van der Waals surface area contributed by atoms with Crippen LogP contribution in [0.4, 0.5) is 9.59 Å². The monoisotopic (exact) mass is 407 g/mol. The lowest BCUT2D eigenvalue weighted by Gasteiger charge is -2.35. The zero-order valence-corrected chi connectivity index (χ0v) is 17.0. The van der Waals surface area contributed by atoms with E-state index in [-0.39, 0.29) is 30.6 Å². The Labute approximate surface area is 167 Å². The number of ether oxygens (including phenoxy) is 2. The topological polar surface area (TPSA) is 100 Å². The molecule has 1 fully saturated rings. The van der Waals surface area contributed by atoms with Crippen LogP contribution < -0.4 is 5.43 Å². The van der Waals surface area contributed by atoms with E-state index in [1.54, 1.807) is 20.8 Å². The Balaban J connectivity index is 1.97. The van der Waals surface area contributed by atoms with Gasteiger partial charge in [0.2, 0.25) is 0 Å². The third-order valence-electron chi connectivity index (χ3n) is 5.16. The minimum atomic E-state index is -0.698. The number of nitrogens with one attached hydrogen (secondary N) is 1. The number of hydrazine groups is 1. The zero-order chi connectivity index (χ0) is 20.3. The SMILES string of the molecule is CCOC(=O)NN(C(=O)OCC)[C@@H]1[C@@H](c2ccsc2/C(C)=N/O)C=CC12CC2. The summed E-state index contributed by atoms with van der Waals surface area (Å²) in [6.07, 6.45) is 4.69. The highest BCUT2D eigenvalue weighted by molar-refractivity contribution is 7.12. The number of hydrogen-bond acceptors (Lipinski definition) is 7. The van der Waals surface area contributed by atoms with Gasteiger partial charge in [-0.3, -0.25) is 0 Å². The Bertz CT molecular complexity index is 799. The quantitative estimate of drug-likeness (QED) is 0.334. The van der Waals surface area contributed by atoms with Crippen LogP contribution in [0.3, 0.4) is 0 Å². The maximum absolute atomic E-state index is 12.7. The minimum Gasteiger partial charge on any atom is -0.449 e. The van der Waals surface area contributed by atoms with Gasteiger partial charge in [-0.05, 0) is 50.6 Å². The van der Waals surface area contributed by atoms with Crippen molar-refractivity contribution < 1.29 is 24.3 Å². The second-order valence-corrected chi connectivity index (χ2v) is 7.77. The first-order chi connectivity index (χ1) is 13.5. The molecular formula is C19H25N3O5S. The molecule has 3 rings (SSSR count). The van der Waals surface area contributed by atoms with Gasteiger partial charge >= 0.3 is 12.2 Å². The molecule has 1 heterocycles. The van der Waals surface area contributed by atoms with Gasteiger partial charge in [0.1, 0.15) is 0 Å². The zero-order valence-electron chi connectivity index (χ0n) is 16.2. The first kappa shape index (κ1) is 20.2. The van der Waals surface area contributed by atoms with Gasteiger partial charge in [-0.25, -0.2) is 20.0 Å². The molecule has 28 heavy (non-hydrogen) atoms. The van der Waals surface area contributed by atoms with Crippen LogP contribution in [0.1, 0.15) is 50.0 Å². The summed E-state index contributed by atoms with van der Waals surface area (Å²) in [4.78, 5) is 25.7. The van der Waals surface area contributed by atoms with Gasteiger partial charge in [-0.2, -0.15) is 0 Å². The molecule has 0 unspecified atom stereocenters. The number of nitrogens with zero attached hydrogens (tertiary/aromatic N) is 2. The fourth-order valence-electron chi connectivity index (χ4n) is 3.76. The van der Waals surface area contributed by atoms with E-state index in [0.717, 1.165) is 23.3 Å². The molecule has 2 N–H and O–H groups in total. The Morgan fingerprint density at radius 1 is 1.36 bits per heavy atom. The molecule has 0 aliphatic heterocycles. The summed E-state index contributed by atoms with van der Waals surface area (Å²) in [6.45, 7) is 5.54. The van der Waals surface area contributed by atoms with Crippen LogP contribution >= 0.6 is 11.3 Å². The third-order valence-corrected chi connectivity index (χ3v) is 6.19. The molecule has 0 aromatic carbocycles. The molecule has 0 radical (unpaired) electrons. The van der Waals surface area contributed by atoms with Crippen molar-refractivity contribution in [3.63, 3.8) is 0 Å². The highest BCUT2D eigenvalue weighted by Gasteiger charge is 2.58. The van der Waals surface area contributed by atoms with E-state index in [0.29, 0.717) is 5.71 Å². The normalized spacial score (nSPS) is 22.2. The van der Waals surface area contributed by atoms with Crippen LogP contribution in [-0.4, -0.2) is 47.4 Å². The standard InChI is InChI=1S/C19H25N3O5S/c1-4-26-17(23)20-22(18(24)27-5-2)16-14(6-8-19(16)9-10-19)13-7-11-28-15(13)12(3)21-25/h6-8,11,14,16,25H,4-5,9-10H2,1-3H3,(H,20,23)/b21-12+/t14-,16-/m1/s1. The van der Waals surface area contributed by atoms with E-state index >= 15 is 0 Å². The maximum Gasteiger partial charge on any atom is 0.429 e.